The topological polar surface area (TPSA) is 80.3 Å². The van der Waals surface area contributed by atoms with E-state index in [0.29, 0.717) is 0 Å². The molecule has 0 aliphatic rings. The van der Waals surface area contributed by atoms with E-state index >= 15 is 0 Å². The van der Waals surface area contributed by atoms with Crippen LogP contribution < -0.4 is 0 Å². The molecule has 2 unspecified atom stereocenters. The van der Waals surface area contributed by atoms with Gasteiger partial charge in [0.05, 0.1) is 12.2 Å². The van der Waals surface area contributed by atoms with E-state index in [4.69, 9.17) is 22.4 Å². The summed E-state index contributed by atoms with van der Waals surface area (Å²) in [4.78, 5) is 0. The third-order valence-corrected chi connectivity index (χ3v) is 5.40. The van der Waals surface area contributed by atoms with Crippen LogP contribution in [-0.2, 0) is 31.5 Å². The zero-order chi connectivity index (χ0) is 16.2. The van der Waals surface area contributed by atoms with Crippen LogP contribution in [0.5, 0.6) is 0 Å². The maximum atomic E-state index is 12.3. The molecule has 2 atom stereocenters. The number of phosphoric acid groups is 2. The fourth-order valence-electron chi connectivity index (χ4n) is 0.927. The van der Waals surface area contributed by atoms with E-state index in [-0.39, 0.29) is 12.0 Å². The maximum absolute atomic E-state index is 12.3. The Morgan fingerprint density at radius 3 is 1.60 bits per heavy atom. The van der Waals surface area contributed by atoms with Crippen molar-refractivity contribution in [3.8, 4) is 0 Å². The molecule has 0 aromatic heterocycles. The maximum Gasteiger partial charge on any atom is 0.483 e. The highest BCUT2D eigenvalue weighted by Gasteiger charge is 2.42. The third-order valence-electron chi connectivity index (χ3n) is 1.69. The zero-order valence-corrected chi connectivity index (χ0v) is 15.2. The quantitative estimate of drug-likeness (QED) is 0.640. The highest BCUT2D eigenvalue weighted by Crippen LogP contribution is 2.66. The van der Waals surface area contributed by atoms with Gasteiger partial charge in [0.1, 0.15) is 0 Å². The van der Waals surface area contributed by atoms with Gasteiger partial charge in [0.2, 0.25) is 0 Å². The summed E-state index contributed by atoms with van der Waals surface area (Å²) >= 11 is 0. The normalized spacial score (nSPS) is 19.4. The SMILES string of the molecule is COP(=O)(OCC(C)(C)C)OP(=O)(OC)OC(C)(C)C. The highest BCUT2D eigenvalue weighted by molar-refractivity contribution is 7.62. The van der Waals surface area contributed by atoms with Gasteiger partial charge >= 0.3 is 15.6 Å². The fourth-order valence-corrected chi connectivity index (χ4v) is 4.16. The molecule has 0 heterocycles. The molecule has 9 heteroatoms. The van der Waals surface area contributed by atoms with Gasteiger partial charge in [-0.1, -0.05) is 20.8 Å². The second-order valence-electron chi connectivity index (χ2n) is 6.38. The van der Waals surface area contributed by atoms with Crippen molar-refractivity contribution in [1.82, 2.24) is 0 Å². The van der Waals surface area contributed by atoms with Gasteiger partial charge in [-0.05, 0) is 26.2 Å². The summed E-state index contributed by atoms with van der Waals surface area (Å²) < 4.78 is 49.3. The Morgan fingerprint density at radius 1 is 0.850 bits per heavy atom. The van der Waals surface area contributed by atoms with Crippen molar-refractivity contribution >= 4 is 15.6 Å². The van der Waals surface area contributed by atoms with E-state index in [9.17, 15) is 9.13 Å². The Morgan fingerprint density at radius 2 is 1.30 bits per heavy atom. The summed E-state index contributed by atoms with van der Waals surface area (Å²) in [6, 6.07) is 0. The van der Waals surface area contributed by atoms with Crippen LogP contribution in [0.4, 0.5) is 0 Å². The van der Waals surface area contributed by atoms with Crippen LogP contribution in [0.15, 0.2) is 0 Å². The van der Waals surface area contributed by atoms with Crippen molar-refractivity contribution < 1.29 is 31.5 Å². The highest BCUT2D eigenvalue weighted by atomic mass is 31.3. The molecule has 7 nitrogen and oxygen atoms in total. The largest absolute Gasteiger partial charge is 0.483 e. The smallest absolute Gasteiger partial charge is 0.290 e. The van der Waals surface area contributed by atoms with Gasteiger partial charge in [-0.3, -0.25) is 18.1 Å². The van der Waals surface area contributed by atoms with Gasteiger partial charge in [-0.15, -0.1) is 0 Å². The Kier molecular flexibility index (Phi) is 7.10. The molecule has 0 fully saturated rings. The Hall–Kier alpha value is 0.260. The van der Waals surface area contributed by atoms with Crippen molar-refractivity contribution in [3.05, 3.63) is 0 Å². The average Bonchev–Trinajstić information content (AvgIpc) is 2.23. The first kappa shape index (κ1) is 20.3. The van der Waals surface area contributed by atoms with Gasteiger partial charge in [0.15, 0.2) is 0 Å². The van der Waals surface area contributed by atoms with Gasteiger partial charge in [0.25, 0.3) is 0 Å². The van der Waals surface area contributed by atoms with Crippen LogP contribution in [0.2, 0.25) is 0 Å². The van der Waals surface area contributed by atoms with Crippen LogP contribution in [0, 0.1) is 5.41 Å². The van der Waals surface area contributed by atoms with Crippen molar-refractivity contribution in [2.45, 2.75) is 47.1 Å². The minimum absolute atomic E-state index is 0.0946. The predicted octanol–water partition coefficient (Wildman–Crippen LogP) is 4.39. The molecule has 0 aromatic carbocycles. The first-order chi connectivity index (χ1) is 8.74. The molecule has 0 amide bonds. The molecule has 0 saturated heterocycles. The lowest BCUT2D eigenvalue weighted by atomic mass is 9.99. The second-order valence-corrected chi connectivity index (χ2v) is 9.99. The zero-order valence-electron chi connectivity index (χ0n) is 13.5. The van der Waals surface area contributed by atoms with Crippen LogP contribution in [0.25, 0.3) is 0 Å². The summed E-state index contributed by atoms with van der Waals surface area (Å²) in [5.74, 6) is 0. The Balaban J connectivity index is 4.99. The summed E-state index contributed by atoms with van der Waals surface area (Å²) in [6.45, 7) is 10.7. The number of hydrogen-bond acceptors (Lipinski definition) is 7. The van der Waals surface area contributed by atoms with Crippen LogP contribution >= 0.6 is 15.6 Å². The molecule has 0 aliphatic heterocycles. The standard InChI is InChI=1S/C11H26O7P2/c1-10(2,3)9-16-19(12,14-7)18-20(13,15-8)17-11(4,5)6/h9H2,1-8H3. The number of phosphoric ester groups is 2. The Labute approximate surface area is 121 Å². The number of rotatable bonds is 7. The van der Waals surface area contributed by atoms with Gasteiger partial charge in [-0.25, -0.2) is 9.13 Å². The summed E-state index contributed by atoms with van der Waals surface area (Å²) in [5.41, 5.74) is -1.08. The van der Waals surface area contributed by atoms with Crippen molar-refractivity contribution in [3.63, 3.8) is 0 Å². The van der Waals surface area contributed by atoms with Crippen LogP contribution in [-0.4, -0.2) is 26.4 Å². The minimum atomic E-state index is -4.05. The molecular formula is C11H26O7P2. The molecule has 0 spiro atoms. The minimum Gasteiger partial charge on any atom is -0.290 e. The van der Waals surface area contributed by atoms with Gasteiger partial charge in [-0.2, -0.15) is 4.31 Å². The molecule has 0 bridgehead atoms. The van der Waals surface area contributed by atoms with Crippen molar-refractivity contribution in [2.24, 2.45) is 5.41 Å². The van der Waals surface area contributed by atoms with E-state index in [1.807, 2.05) is 20.8 Å². The average molecular weight is 332 g/mol. The molecule has 0 aromatic rings. The predicted molar refractivity (Wildman–Crippen MR) is 76.6 cm³/mol. The van der Waals surface area contributed by atoms with E-state index < -0.39 is 21.2 Å². The van der Waals surface area contributed by atoms with Crippen molar-refractivity contribution in [2.75, 3.05) is 20.8 Å². The first-order valence-electron chi connectivity index (χ1n) is 6.12. The first-order valence-corrected chi connectivity index (χ1v) is 9.04. The fraction of sp³-hybridized carbons (Fsp3) is 1.00. The van der Waals surface area contributed by atoms with Gasteiger partial charge < -0.3 is 0 Å². The third kappa shape index (κ3) is 8.53. The lowest BCUT2D eigenvalue weighted by Gasteiger charge is -2.28. The van der Waals surface area contributed by atoms with Gasteiger partial charge in [0, 0.05) is 14.2 Å². The lowest BCUT2D eigenvalue weighted by molar-refractivity contribution is 0.0588. The van der Waals surface area contributed by atoms with E-state index in [2.05, 4.69) is 0 Å². The molecule has 0 radical (unpaired) electrons. The molecule has 0 N–H and O–H groups in total. The molecule has 122 valence electrons. The molecule has 0 rings (SSSR count). The summed E-state index contributed by atoms with van der Waals surface area (Å²) in [7, 11) is -5.81. The van der Waals surface area contributed by atoms with E-state index in [1.54, 1.807) is 20.8 Å². The van der Waals surface area contributed by atoms with Crippen molar-refractivity contribution in [1.29, 1.82) is 0 Å². The monoisotopic (exact) mass is 332 g/mol. The number of hydrogen-bond donors (Lipinski definition) is 0. The molecule has 0 aliphatic carbocycles. The van der Waals surface area contributed by atoms with Crippen LogP contribution in [0.3, 0.4) is 0 Å². The molecular weight excluding hydrogens is 306 g/mol. The lowest BCUT2D eigenvalue weighted by Crippen LogP contribution is -2.19. The second kappa shape index (κ2) is 7.01. The Bertz CT molecular complexity index is 395. The molecule has 20 heavy (non-hydrogen) atoms. The van der Waals surface area contributed by atoms with E-state index in [1.165, 1.54) is 0 Å². The van der Waals surface area contributed by atoms with E-state index in [0.717, 1.165) is 14.2 Å². The summed E-state index contributed by atoms with van der Waals surface area (Å²) in [6.07, 6.45) is 0. The summed E-state index contributed by atoms with van der Waals surface area (Å²) in [5, 5.41) is 0. The van der Waals surface area contributed by atoms with Crippen LogP contribution in [0.1, 0.15) is 41.5 Å². The molecule has 0 saturated carbocycles.